The van der Waals surface area contributed by atoms with E-state index in [0.717, 1.165) is 24.5 Å². The molecule has 1 heterocycles. The maximum Gasteiger partial charge on any atom is 0.161 e. The number of nitriles is 1. The predicted molar refractivity (Wildman–Crippen MR) is 132 cm³/mol. The quantitative estimate of drug-likeness (QED) is 0.280. The lowest BCUT2D eigenvalue weighted by Gasteiger charge is -2.26. The lowest BCUT2D eigenvalue weighted by Crippen LogP contribution is -2.19. The molecule has 1 aliphatic rings. The molecule has 178 valence electrons. The molecule has 0 saturated heterocycles. The van der Waals surface area contributed by atoms with E-state index >= 15 is 0 Å². The summed E-state index contributed by atoms with van der Waals surface area (Å²) in [5.41, 5.74) is 2.96. The Kier molecular flexibility index (Phi) is 6.81. The highest BCUT2D eigenvalue weighted by atomic mass is 35.5. The van der Waals surface area contributed by atoms with E-state index in [2.05, 4.69) is 11.2 Å². The Morgan fingerprint density at radius 2 is 1.69 bits per heavy atom. The number of fused-ring (bicyclic) bond motifs is 1. The molecule has 1 aromatic heterocycles. The van der Waals surface area contributed by atoms with Gasteiger partial charge in [-0.15, -0.1) is 0 Å². The molecule has 7 heteroatoms. The van der Waals surface area contributed by atoms with Gasteiger partial charge in [0, 0.05) is 16.5 Å². The molecule has 0 aliphatic heterocycles. The van der Waals surface area contributed by atoms with Gasteiger partial charge in [-0.1, -0.05) is 43.0 Å². The lowest BCUT2D eigenvalue weighted by atomic mass is 9.90. The van der Waals surface area contributed by atoms with Crippen molar-refractivity contribution in [2.75, 3.05) is 6.61 Å². The number of nitrogens with zero attached hydrogens (tertiary/aromatic N) is 3. The third kappa shape index (κ3) is 4.93. The van der Waals surface area contributed by atoms with Gasteiger partial charge < -0.3 is 4.74 Å². The van der Waals surface area contributed by atoms with Crippen molar-refractivity contribution in [3.05, 3.63) is 94.1 Å². The van der Waals surface area contributed by atoms with Crippen molar-refractivity contribution in [1.82, 2.24) is 9.78 Å². The van der Waals surface area contributed by atoms with Crippen LogP contribution in [0.15, 0.2) is 60.7 Å². The van der Waals surface area contributed by atoms with E-state index in [1.165, 1.54) is 25.3 Å². The van der Waals surface area contributed by atoms with E-state index < -0.39 is 17.7 Å². The Hall–Kier alpha value is -3.27. The van der Waals surface area contributed by atoms with Gasteiger partial charge in [0.1, 0.15) is 6.10 Å². The number of hydrogen-bond acceptors (Lipinski definition) is 3. The fourth-order valence-corrected chi connectivity index (χ4v) is 4.91. The standard InChI is InChI=1S/C28H24ClF2N3O/c29-21-10-12-22(13-11-21)34-27(23-14-24(30)25(31)15-26(23)33-34)28(20-8-6-18(16-32)7-9-20)35-17-19-4-2-1-3-5-19/h6-15,19,28H,1-5,17H2. The van der Waals surface area contributed by atoms with Crippen LogP contribution < -0.4 is 0 Å². The summed E-state index contributed by atoms with van der Waals surface area (Å²) in [6.07, 6.45) is 5.23. The highest BCUT2D eigenvalue weighted by Gasteiger charge is 2.27. The second-order valence-corrected chi connectivity index (χ2v) is 9.44. The average molecular weight is 492 g/mol. The normalized spacial score (nSPS) is 15.3. The molecule has 0 amide bonds. The molecule has 5 rings (SSSR count). The van der Waals surface area contributed by atoms with Crippen LogP contribution in [0.1, 0.15) is 55.0 Å². The Balaban J connectivity index is 1.67. The van der Waals surface area contributed by atoms with Crippen molar-refractivity contribution >= 4 is 22.5 Å². The van der Waals surface area contributed by atoms with Gasteiger partial charge in [-0.2, -0.15) is 10.4 Å². The Morgan fingerprint density at radius 3 is 2.37 bits per heavy atom. The van der Waals surface area contributed by atoms with E-state index in [-0.39, 0.29) is 0 Å². The second kappa shape index (κ2) is 10.2. The molecule has 1 atom stereocenters. The first kappa shape index (κ1) is 23.5. The maximum atomic E-state index is 14.4. The molecule has 1 aliphatic carbocycles. The van der Waals surface area contributed by atoms with Crippen molar-refractivity contribution in [2.24, 2.45) is 5.92 Å². The third-order valence-electron chi connectivity index (χ3n) is 6.64. The van der Waals surface area contributed by atoms with Gasteiger partial charge in [0.2, 0.25) is 0 Å². The Bertz CT molecular complexity index is 1370. The Labute approximate surface area is 207 Å². The third-order valence-corrected chi connectivity index (χ3v) is 6.89. The summed E-state index contributed by atoms with van der Waals surface area (Å²) < 4.78 is 36.8. The van der Waals surface area contributed by atoms with Crippen LogP contribution in [0.2, 0.25) is 5.02 Å². The molecule has 4 aromatic rings. The van der Waals surface area contributed by atoms with Crippen LogP contribution in [0.5, 0.6) is 0 Å². The number of rotatable bonds is 6. The number of hydrogen-bond donors (Lipinski definition) is 0. The first-order valence-electron chi connectivity index (χ1n) is 11.8. The summed E-state index contributed by atoms with van der Waals surface area (Å²) >= 11 is 6.10. The zero-order valence-electron chi connectivity index (χ0n) is 19.1. The maximum absolute atomic E-state index is 14.4. The Morgan fingerprint density at radius 1 is 1.00 bits per heavy atom. The zero-order valence-corrected chi connectivity index (χ0v) is 19.8. The van der Waals surface area contributed by atoms with Gasteiger partial charge in [0.25, 0.3) is 0 Å². The van der Waals surface area contributed by atoms with Crippen LogP contribution in [-0.4, -0.2) is 16.4 Å². The van der Waals surface area contributed by atoms with Crippen molar-refractivity contribution in [3.63, 3.8) is 0 Å². The van der Waals surface area contributed by atoms with Crippen LogP contribution in [0.3, 0.4) is 0 Å². The fourth-order valence-electron chi connectivity index (χ4n) is 4.78. The molecule has 4 nitrogen and oxygen atoms in total. The number of ether oxygens (including phenoxy) is 1. The lowest BCUT2D eigenvalue weighted by molar-refractivity contribution is 0.0392. The minimum absolute atomic E-state index is 0.328. The number of aromatic nitrogens is 2. The zero-order chi connectivity index (χ0) is 24.4. The molecule has 35 heavy (non-hydrogen) atoms. The van der Waals surface area contributed by atoms with Gasteiger partial charge in [-0.25, -0.2) is 13.5 Å². The summed E-state index contributed by atoms with van der Waals surface area (Å²) in [6, 6.07) is 18.7. The van der Waals surface area contributed by atoms with E-state index in [1.54, 1.807) is 41.1 Å². The summed E-state index contributed by atoms with van der Waals surface area (Å²) in [4.78, 5) is 0. The van der Waals surface area contributed by atoms with Crippen LogP contribution in [0, 0.1) is 28.9 Å². The number of halogens is 3. The van der Waals surface area contributed by atoms with Crippen LogP contribution in [0.25, 0.3) is 16.6 Å². The first-order chi connectivity index (χ1) is 17.0. The largest absolute Gasteiger partial charge is 0.367 e. The topological polar surface area (TPSA) is 50.8 Å². The summed E-state index contributed by atoms with van der Waals surface area (Å²) in [5, 5.41) is 14.9. The van der Waals surface area contributed by atoms with Crippen molar-refractivity contribution < 1.29 is 13.5 Å². The highest BCUT2D eigenvalue weighted by molar-refractivity contribution is 6.30. The predicted octanol–water partition coefficient (Wildman–Crippen LogP) is 7.52. The second-order valence-electron chi connectivity index (χ2n) is 9.01. The fraction of sp³-hybridized carbons (Fsp3) is 0.286. The van der Waals surface area contributed by atoms with Crippen LogP contribution in [-0.2, 0) is 4.74 Å². The van der Waals surface area contributed by atoms with Crippen LogP contribution in [0.4, 0.5) is 8.78 Å². The molecular weight excluding hydrogens is 468 g/mol. The smallest absolute Gasteiger partial charge is 0.161 e. The molecule has 0 N–H and O–H groups in total. The van der Waals surface area contributed by atoms with E-state index in [4.69, 9.17) is 16.3 Å². The van der Waals surface area contributed by atoms with Crippen LogP contribution >= 0.6 is 11.6 Å². The van der Waals surface area contributed by atoms with Gasteiger partial charge in [-0.3, -0.25) is 0 Å². The van der Waals surface area contributed by atoms with Gasteiger partial charge in [0.05, 0.1) is 35.1 Å². The van der Waals surface area contributed by atoms with Crippen molar-refractivity contribution in [1.29, 1.82) is 5.26 Å². The van der Waals surface area contributed by atoms with E-state index in [1.807, 2.05) is 12.1 Å². The molecule has 0 bridgehead atoms. The minimum atomic E-state index is -0.956. The van der Waals surface area contributed by atoms with Gasteiger partial charge in [0.15, 0.2) is 11.6 Å². The van der Waals surface area contributed by atoms with Crippen molar-refractivity contribution in [2.45, 2.75) is 38.2 Å². The molecule has 1 unspecified atom stereocenters. The summed E-state index contributed by atoms with van der Waals surface area (Å²) in [5.74, 6) is -1.46. The molecular formula is C28H24ClF2N3O. The van der Waals surface area contributed by atoms with Gasteiger partial charge >= 0.3 is 0 Å². The number of benzene rings is 3. The average Bonchev–Trinajstić information content (AvgIpc) is 3.23. The molecule has 3 aromatic carbocycles. The molecule has 1 saturated carbocycles. The highest BCUT2D eigenvalue weighted by Crippen LogP contribution is 2.36. The van der Waals surface area contributed by atoms with E-state index in [9.17, 15) is 14.0 Å². The molecule has 0 spiro atoms. The molecule has 0 radical (unpaired) electrons. The molecule has 1 fully saturated rings. The summed E-state index contributed by atoms with van der Waals surface area (Å²) in [6.45, 7) is 0.543. The first-order valence-corrected chi connectivity index (χ1v) is 12.2. The SMILES string of the molecule is N#Cc1ccc(C(OCC2CCCCC2)c2c3cc(F)c(F)cc3nn2-c2ccc(Cl)cc2)cc1. The van der Waals surface area contributed by atoms with Gasteiger partial charge in [-0.05, 0) is 66.8 Å². The van der Waals surface area contributed by atoms with Crippen molar-refractivity contribution in [3.8, 4) is 11.8 Å². The summed E-state index contributed by atoms with van der Waals surface area (Å²) in [7, 11) is 0. The van der Waals surface area contributed by atoms with E-state index in [0.29, 0.717) is 45.4 Å². The monoisotopic (exact) mass is 491 g/mol. The minimum Gasteiger partial charge on any atom is -0.367 e.